The van der Waals surface area contributed by atoms with Crippen molar-refractivity contribution in [1.82, 2.24) is 0 Å². The molecule has 0 bridgehead atoms. The van der Waals surface area contributed by atoms with Crippen LogP contribution in [-0.2, 0) is 28.6 Å². The predicted octanol–water partition coefficient (Wildman–Crippen LogP) is 22.7. The van der Waals surface area contributed by atoms with Crippen LogP contribution >= 0.6 is 0 Å². The highest BCUT2D eigenvalue weighted by molar-refractivity contribution is 5.71. The number of esters is 3. The zero-order chi connectivity index (χ0) is 57.8. The van der Waals surface area contributed by atoms with Gasteiger partial charge < -0.3 is 14.2 Å². The second-order valence-corrected chi connectivity index (χ2v) is 21.3. The quantitative estimate of drug-likeness (QED) is 0.0261. The molecule has 1 atom stereocenters. The molecule has 0 aliphatic heterocycles. The summed E-state index contributed by atoms with van der Waals surface area (Å²) in [5.74, 6) is -0.926. The molecule has 0 aliphatic carbocycles. The van der Waals surface area contributed by atoms with Gasteiger partial charge in [-0.25, -0.2) is 0 Å². The lowest BCUT2D eigenvalue weighted by molar-refractivity contribution is -0.167. The van der Waals surface area contributed by atoms with Gasteiger partial charge in [-0.05, 0) is 141 Å². The number of hydrogen-bond donors (Lipinski definition) is 0. The summed E-state index contributed by atoms with van der Waals surface area (Å²) in [7, 11) is 0. The number of carbonyl (C=O) groups excluding carboxylic acids is 3. The molecule has 0 rings (SSSR count). The molecule has 0 saturated carbocycles. The Kier molecular flexibility index (Phi) is 62.9. The van der Waals surface area contributed by atoms with Gasteiger partial charge in [-0.3, -0.25) is 14.4 Å². The maximum Gasteiger partial charge on any atom is 0.306 e. The van der Waals surface area contributed by atoms with Crippen molar-refractivity contribution in [1.29, 1.82) is 0 Å². The molecule has 0 N–H and O–H groups in total. The fourth-order valence-corrected chi connectivity index (χ4v) is 8.70. The molecule has 0 spiro atoms. The normalized spacial score (nSPS) is 13.1. The van der Waals surface area contributed by atoms with E-state index in [1.165, 1.54) is 83.5 Å². The molecule has 80 heavy (non-hydrogen) atoms. The fraction of sp³-hybridized carbons (Fsp3) is 0.635. The molecule has 0 saturated heterocycles. The molecule has 0 heterocycles. The third kappa shape index (κ3) is 64.1. The van der Waals surface area contributed by atoms with Crippen LogP contribution in [0.15, 0.2) is 146 Å². The van der Waals surface area contributed by atoms with Crippen LogP contribution in [0, 0.1) is 0 Å². The Bertz CT molecular complexity index is 1750. The number of hydrogen-bond acceptors (Lipinski definition) is 6. The maximum absolute atomic E-state index is 12.9. The predicted molar refractivity (Wildman–Crippen MR) is 348 cm³/mol. The summed E-state index contributed by atoms with van der Waals surface area (Å²) in [5.41, 5.74) is 0. The molecule has 0 aliphatic rings. The monoisotopic (exact) mass is 1100 g/mol. The molecule has 1 unspecified atom stereocenters. The first-order valence-corrected chi connectivity index (χ1v) is 32.8. The van der Waals surface area contributed by atoms with Crippen LogP contribution in [0.25, 0.3) is 0 Å². The van der Waals surface area contributed by atoms with Crippen molar-refractivity contribution in [2.45, 2.75) is 290 Å². The van der Waals surface area contributed by atoms with Crippen LogP contribution in [0.3, 0.4) is 0 Å². The van der Waals surface area contributed by atoms with Gasteiger partial charge in [0.1, 0.15) is 13.2 Å². The van der Waals surface area contributed by atoms with Crippen molar-refractivity contribution in [3.05, 3.63) is 146 Å². The highest BCUT2D eigenvalue weighted by Gasteiger charge is 2.19. The number of allylic oxidation sites excluding steroid dienone is 24. The number of carbonyl (C=O) groups is 3. The van der Waals surface area contributed by atoms with Crippen LogP contribution < -0.4 is 0 Å². The third-order valence-electron chi connectivity index (χ3n) is 13.6. The Balaban J connectivity index is 4.38. The van der Waals surface area contributed by atoms with Crippen molar-refractivity contribution in [3.8, 4) is 0 Å². The van der Waals surface area contributed by atoms with Gasteiger partial charge in [0.25, 0.3) is 0 Å². The molecule has 6 heteroatoms. The molecule has 0 radical (unpaired) electrons. The van der Waals surface area contributed by atoms with Crippen molar-refractivity contribution in [2.75, 3.05) is 13.2 Å². The lowest BCUT2D eigenvalue weighted by Gasteiger charge is -2.18. The summed E-state index contributed by atoms with van der Waals surface area (Å²) in [6.07, 6.45) is 95.6. The molecule has 0 aromatic heterocycles. The van der Waals surface area contributed by atoms with Crippen molar-refractivity contribution in [3.63, 3.8) is 0 Å². The van der Waals surface area contributed by atoms with Crippen molar-refractivity contribution < 1.29 is 28.6 Å². The first-order valence-electron chi connectivity index (χ1n) is 32.8. The molecule has 0 aromatic carbocycles. The maximum atomic E-state index is 12.9. The standard InChI is InChI=1S/C74H120O6/c1-4-7-10-13-16-19-22-25-27-29-31-33-35-36-37-38-40-41-43-45-47-49-52-55-58-61-64-67-73(76)79-70-71(69-78-72(75)66-63-60-57-54-51-24-21-18-15-12-9-6-3)80-74(77)68-65-62-59-56-53-50-48-46-44-42-39-34-32-30-28-26-23-20-17-14-11-8-5-2/h7-8,10-11,16-21,25-28,31-34,36-37,40-41,45,47,71H,4-6,9,12-15,22-24,29-30,35,38-39,42-44,46,48-70H2,1-3H3/b10-7-,11-8-,19-16-,20-17-,21-18-,27-25-,28-26-,33-31-,34-32-,37-36-,41-40-,47-45-. The van der Waals surface area contributed by atoms with E-state index in [1.54, 1.807) is 0 Å². The lowest BCUT2D eigenvalue weighted by atomic mass is 10.0. The van der Waals surface area contributed by atoms with E-state index in [1.807, 2.05) is 0 Å². The van der Waals surface area contributed by atoms with E-state index in [9.17, 15) is 14.4 Å². The Morgan fingerprint density at radius 1 is 0.263 bits per heavy atom. The summed E-state index contributed by atoms with van der Waals surface area (Å²) in [6, 6.07) is 0. The summed E-state index contributed by atoms with van der Waals surface area (Å²) in [6.45, 7) is 6.37. The van der Waals surface area contributed by atoms with Crippen molar-refractivity contribution in [2.24, 2.45) is 0 Å². The minimum absolute atomic E-state index is 0.0945. The fourth-order valence-electron chi connectivity index (χ4n) is 8.70. The summed E-state index contributed by atoms with van der Waals surface area (Å²) >= 11 is 0. The van der Waals surface area contributed by atoms with E-state index in [0.717, 1.165) is 161 Å². The zero-order valence-electron chi connectivity index (χ0n) is 51.8. The molecular weight excluding hydrogens is 985 g/mol. The minimum Gasteiger partial charge on any atom is -0.462 e. The molecule has 0 fully saturated rings. The molecule has 0 amide bonds. The van der Waals surface area contributed by atoms with Gasteiger partial charge in [-0.1, -0.05) is 269 Å². The molecule has 6 nitrogen and oxygen atoms in total. The average molecular weight is 1110 g/mol. The second kappa shape index (κ2) is 66.8. The zero-order valence-corrected chi connectivity index (χ0v) is 51.8. The highest BCUT2D eigenvalue weighted by atomic mass is 16.6. The minimum atomic E-state index is -0.799. The van der Waals surface area contributed by atoms with E-state index < -0.39 is 6.10 Å². The summed E-state index contributed by atoms with van der Waals surface area (Å²) in [4.78, 5) is 38.3. The van der Waals surface area contributed by atoms with Crippen LogP contribution in [0.4, 0.5) is 0 Å². The first kappa shape index (κ1) is 75.3. The molecule has 0 aromatic rings. The Morgan fingerprint density at radius 2 is 0.487 bits per heavy atom. The number of rotatable bonds is 58. The van der Waals surface area contributed by atoms with Gasteiger partial charge in [0.05, 0.1) is 0 Å². The summed E-state index contributed by atoms with van der Waals surface area (Å²) in [5, 5.41) is 0. The second-order valence-electron chi connectivity index (χ2n) is 21.3. The Morgan fingerprint density at radius 3 is 0.775 bits per heavy atom. The van der Waals surface area contributed by atoms with Crippen LogP contribution in [-0.4, -0.2) is 37.2 Å². The number of ether oxygens (including phenoxy) is 3. The summed E-state index contributed by atoms with van der Waals surface area (Å²) < 4.78 is 16.9. The van der Waals surface area contributed by atoms with Crippen molar-refractivity contribution >= 4 is 17.9 Å². The SMILES string of the molecule is CC/C=C\C/C=C\C/C=C\C/C=C\C/C=C\C/C=C\C/C=C\CCCCCCCC(=O)OCC(COC(=O)CCCCCCC/C=C\CCCCC)OC(=O)CCCCCCCCCCCC/C=C\C/C=C\C/C=C\C/C=C\CC. The third-order valence-corrected chi connectivity index (χ3v) is 13.6. The highest BCUT2D eigenvalue weighted by Crippen LogP contribution is 2.15. The van der Waals surface area contributed by atoms with E-state index in [2.05, 4.69) is 167 Å². The molecule has 452 valence electrons. The molecular formula is C74H120O6. The van der Waals surface area contributed by atoms with E-state index >= 15 is 0 Å². The van der Waals surface area contributed by atoms with Gasteiger partial charge in [-0.2, -0.15) is 0 Å². The van der Waals surface area contributed by atoms with E-state index in [-0.39, 0.29) is 31.1 Å². The Hall–Kier alpha value is -4.71. The van der Waals surface area contributed by atoms with Crippen LogP contribution in [0.5, 0.6) is 0 Å². The van der Waals surface area contributed by atoms with Crippen LogP contribution in [0.1, 0.15) is 284 Å². The topological polar surface area (TPSA) is 78.9 Å². The smallest absolute Gasteiger partial charge is 0.306 e. The van der Waals surface area contributed by atoms with Gasteiger partial charge in [0.2, 0.25) is 0 Å². The largest absolute Gasteiger partial charge is 0.462 e. The first-order chi connectivity index (χ1) is 39.5. The van der Waals surface area contributed by atoms with Crippen LogP contribution in [0.2, 0.25) is 0 Å². The number of unbranched alkanes of at least 4 members (excludes halogenated alkanes) is 23. The van der Waals surface area contributed by atoms with Gasteiger partial charge in [0.15, 0.2) is 6.10 Å². The van der Waals surface area contributed by atoms with E-state index in [0.29, 0.717) is 19.3 Å². The van der Waals surface area contributed by atoms with Gasteiger partial charge in [0, 0.05) is 19.3 Å². The van der Waals surface area contributed by atoms with Gasteiger partial charge in [-0.15, -0.1) is 0 Å². The van der Waals surface area contributed by atoms with Gasteiger partial charge >= 0.3 is 17.9 Å². The Labute approximate surface area is 493 Å². The lowest BCUT2D eigenvalue weighted by Crippen LogP contribution is -2.30. The average Bonchev–Trinajstić information content (AvgIpc) is 3.46. The van der Waals surface area contributed by atoms with E-state index in [4.69, 9.17) is 14.2 Å².